The fourth-order valence-corrected chi connectivity index (χ4v) is 2.27. The van der Waals surface area contributed by atoms with E-state index in [4.69, 9.17) is 0 Å². The molecule has 158 valence electrons. The Labute approximate surface area is 183 Å². The molecule has 0 aromatic heterocycles. The molecule has 0 N–H and O–H groups in total. The summed E-state index contributed by atoms with van der Waals surface area (Å²) in [6.45, 7) is 8.00. The maximum Gasteiger partial charge on any atom is -0.0184 e. The Morgan fingerprint density at radius 1 is 0.345 bits per heavy atom. The van der Waals surface area contributed by atoms with E-state index in [2.05, 4.69) is 117 Å². The second-order valence-electron chi connectivity index (χ2n) is 7.14. The summed E-state index contributed by atoms with van der Waals surface area (Å²) in [5.74, 6) is 0. The Hall–Kier alpha value is -1.81. The molecule has 0 aliphatic rings. The fraction of sp³-hybridized carbons (Fsp3) is 0.286. The van der Waals surface area contributed by atoms with E-state index < -0.39 is 18.2 Å². The van der Waals surface area contributed by atoms with Crippen molar-refractivity contribution in [2.75, 3.05) is 0 Å². The fourth-order valence-electron chi connectivity index (χ4n) is 2.27. The van der Waals surface area contributed by atoms with Crippen molar-refractivity contribution < 1.29 is 0 Å². The molecule has 0 unspecified atom stereocenters. The van der Waals surface area contributed by atoms with Gasteiger partial charge < -0.3 is 0 Å². The summed E-state index contributed by atoms with van der Waals surface area (Å²) in [4.78, 5) is 9.51. The third kappa shape index (κ3) is 13.1. The number of hydrogen-bond donors (Lipinski definition) is 0. The predicted molar refractivity (Wildman–Crippen MR) is 140 cm³/mol. The summed E-state index contributed by atoms with van der Waals surface area (Å²) < 4.78 is 0. The molecule has 0 spiro atoms. The largest absolute Gasteiger partial charge is 0.0616 e. The van der Waals surface area contributed by atoms with E-state index in [-0.39, 0.29) is 0 Å². The molecule has 0 aliphatic carbocycles. The van der Waals surface area contributed by atoms with E-state index in [0.29, 0.717) is 0 Å². The molecule has 0 saturated carbocycles. The van der Waals surface area contributed by atoms with Crippen molar-refractivity contribution in [2.45, 2.75) is 47.6 Å². The zero-order valence-corrected chi connectivity index (χ0v) is 22.0. The molecule has 0 saturated heterocycles. The van der Waals surface area contributed by atoms with Crippen molar-refractivity contribution >= 4 is 39.7 Å². The predicted octanol–water partition coefficient (Wildman–Crippen LogP) is 9.69. The number of hydrogen-bond acceptors (Lipinski definition) is 0. The van der Waals surface area contributed by atoms with Crippen molar-refractivity contribution in [3.05, 3.63) is 97.1 Å². The molecular weight excluding hydrogens is 464 g/mol. The van der Waals surface area contributed by atoms with Gasteiger partial charge in [0, 0.05) is 0 Å². The molecule has 4 aromatic rings. The van der Waals surface area contributed by atoms with Crippen LogP contribution in [0.3, 0.4) is 0 Å². The van der Waals surface area contributed by atoms with Gasteiger partial charge in [-0.05, 0) is 21.5 Å². The van der Waals surface area contributed by atoms with Crippen molar-refractivity contribution in [3.63, 3.8) is 0 Å². The Balaban J connectivity index is 0.000000392. The molecule has 29 heavy (non-hydrogen) atoms. The van der Waals surface area contributed by atoms with Crippen LogP contribution in [0.5, 0.6) is 0 Å². The molecule has 0 heterocycles. The molecular formula is C28H40Te. The van der Waals surface area contributed by atoms with E-state index in [0.717, 1.165) is 0 Å². The van der Waals surface area contributed by atoms with Crippen molar-refractivity contribution in [2.24, 2.45) is 0 Å². The standard InChI is InChI=1S/2C10H8.C4H12Te.2C2H6/c2*1-2-6-10-8-4-3-7-9(10)5-1;1-5(2,3)4;2*1-2/h2*1-8H;1-4H3;2*1-2H3. The normalized spacial score (nSPS) is 9.93. The molecule has 1 heteroatoms. The number of benzene rings is 4. The van der Waals surface area contributed by atoms with Gasteiger partial charge in [0.05, 0.1) is 0 Å². The van der Waals surface area contributed by atoms with Crippen LogP contribution < -0.4 is 0 Å². The van der Waals surface area contributed by atoms with Crippen LogP contribution in [-0.4, -0.2) is 18.2 Å². The average Bonchev–Trinajstić information content (AvgIpc) is 2.76. The van der Waals surface area contributed by atoms with Crippen LogP contribution in [0.1, 0.15) is 27.7 Å². The van der Waals surface area contributed by atoms with Crippen LogP contribution in [0.2, 0.25) is 19.9 Å². The first-order valence-corrected chi connectivity index (χ1v) is 19.8. The van der Waals surface area contributed by atoms with Crippen LogP contribution in [0.4, 0.5) is 0 Å². The third-order valence-electron chi connectivity index (χ3n) is 3.32. The van der Waals surface area contributed by atoms with Gasteiger partial charge in [0.2, 0.25) is 0 Å². The molecule has 4 aromatic carbocycles. The Morgan fingerprint density at radius 3 is 0.552 bits per heavy atom. The molecule has 0 radical (unpaired) electrons. The molecule has 0 bridgehead atoms. The monoisotopic (exact) mass is 506 g/mol. The molecule has 4 rings (SSSR count). The molecule has 0 atom stereocenters. The number of rotatable bonds is 0. The second kappa shape index (κ2) is 16.0. The number of fused-ring (bicyclic) bond motifs is 2. The molecule has 0 nitrogen and oxygen atoms in total. The third-order valence-corrected chi connectivity index (χ3v) is 3.32. The summed E-state index contributed by atoms with van der Waals surface area (Å²) >= 11 is -1.02. The average molecular weight is 504 g/mol. The van der Waals surface area contributed by atoms with Gasteiger partial charge in [-0.15, -0.1) is 0 Å². The minimum Gasteiger partial charge on any atom is -0.0616 e. The van der Waals surface area contributed by atoms with Gasteiger partial charge >= 0.3 is 38.1 Å². The summed E-state index contributed by atoms with van der Waals surface area (Å²) in [5, 5.41) is 5.24. The van der Waals surface area contributed by atoms with E-state index in [1.165, 1.54) is 21.5 Å². The van der Waals surface area contributed by atoms with E-state index in [9.17, 15) is 0 Å². The maximum atomic E-state index is 2.38. The zero-order valence-electron chi connectivity index (χ0n) is 19.6. The molecule has 0 amide bonds. The molecule has 0 fully saturated rings. The van der Waals surface area contributed by atoms with Gasteiger partial charge in [0.25, 0.3) is 0 Å². The topological polar surface area (TPSA) is 0 Å². The van der Waals surface area contributed by atoms with Gasteiger partial charge in [0.1, 0.15) is 0 Å². The van der Waals surface area contributed by atoms with Crippen LogP contribution in [0, 0.1) is 0 Å². The summed E-state index contributed by atoms with van der Waals surface area (Å²) in [7, 11) is 0. The Morgan fingerprint density at radius 2 is 0.448 bits per heavy atom. The van der Waals surface area contributed by atoms with Crippen molar-refractivity contribution in [1.29, 1.82) is 0 Å². The van der Waals surface area contributed by atoms with Gasteiger partial charge in [-0.25, -0.2) is 0 Å². The van der Waals surface area contributed by atoms with Crippen molar-refractivity contribution in [1.82, 2.24) is 0 Å². The van der Waals surface area contributed by atoms with Crippen LogP contribution in [-0.2, 0) is 0 Å². The summed E-state index contributed by atoms with van der Waals surface area (Å²) in [6.07, 6.45) is 0. The Kier molecular flexibility index (Phi) is 15.0. The van der Waals surface area contributed by atoms with Crippen LogP contribution in [0.25, 0.3) is 21.5 Å². The maximum absolute atomic E-state index is 2.38. The minimum atomic E-state index is -1.02. The van der Waals surface area contributed by atoms with E-state index in [1.807, 2.05) is 27.7 Å². The second-order valence-corrected chi connectivity index (χ2v) is 21.1. The SMILES string of the molecule is CC.CC.C[Te](C)(C)C.c1ccc2ccccc2c1.c1ccc2ccccc2c1. The van der Waals surface area contributed by atoms with Crippen LogP contribution >= 0.6 is 0 Å². The van der Waals surface area contributed by atoms with Gasteiger partial charge in [-0.1, -0.05) is 125 Å². The summed E-state index contributed by atoms with van der Waals surface area (Å²) in [5.41, 5.74) is 0. The van der Waals surface area contributed by atoms with E-state index >= 15 is 0 Å². The zero-order chi connectivity index (χ0) is 22.1. The summed E-state index contributed by atoms with van der Waals surface area (Å²) in [6, 6.07) is 33.4. The van der Waals surface area contributed by atoms with Gasteiger partial charge in [0.15, 0.2) is 0 Å². The minimum absolute atomic E-state index is 1.02. The first kappa shape index (κ1) is 27.2. The van der Waals surface area contributed by atoms with Gasteiger partial charge in [-0.3, -0.25) is 0 Å². The quantitative estimate of drug-likeness (QED) is 0.209. The molecule has 0 aliphatic heterocycles. The van der Waals surface area contributed by atoms with Crippen LogP contribution in [0.15, 0.2) is 97.1 Å². The van der Waals surface area contributed by atoms with Crippen molar-refractivity contribution in [3.8, 4) is 0 Å². The van der Waals surface area contributed by atoms with E-state index in [1.54, 1.807) is 0 Å². The first-order valence-electron chi connectivity index (χ1n) is 10.4. The first-order chi connectivity index (χ1) is 13.9. The van der Waals surface area contributed by atoms with Gasteiger partial charge in [-0.2, -0.15) is 0 Å². The smallest absolute Gasteiger partial charge is 0.0184 e. The Bertz CT molecular complexity index is 696.